The molecule has 0 aromatic rings. The Morgan fingerprint density at radius 2 is 0.500 bits per heavy atom. The van der Waals surface area contributed by atoms with Gasteiger partial charge in [-0.15, -0.1) is 0 Å². The van der Waals surface area contributed by atoms with Crippen molar-refractivity contribution in [2.75, 3.05) is 41.4 Å². The predicted molar refractivity (Wildman–Crippen MR) is 224 cm³/mol. The van der Waals surface area contributed by atoms with Crippen LogP contribution in [0.25, 0.3) is 0 Å². The quantitative estimate of drug-likeness (QED) is 0.0412. The van der Waals surface area contributed by atoms with Crippen LogP contribution >= 0.6 is 0 Å². The first-order chi connectivity index (χ1) is 24.9. The molecule has 0 saturated carbocycles. The minimum atomic E-state index is -4.24. The monoisotopic (exact) mass is 791 g/mol. The summed E-state index contributed by atoms with van der Waals surface area (Å²) >= 11 is 0. The van der Waals surface area contributed by atoms with E-state index in [1.54, 1.807) is 0 Å². The average molecular weight is 791 g/mol. The fourth-order valence-electron chi connectivity index (χ4n) is 5.63. The number of unbranched alkanes of at least 4 members (excludes halogenated alkanes) is 30. The summed E-state index contributed by atoms with van der Waals surface area (Å²) in [6.07, 6.45) is 41.0. The van der Waals surface area contributed by atoms with Gasteiger partial charge in [0, 0.05) is 0 Å². The summed E-state index contributed by atoms with van der Waals surface area (Å²) in [5.41, 5.74) is 4.50. The summed E-state index contributed by atoms with van der Waals surface area (Å²) in [6, 6.07) is 0. The maximum Gasteiger partial charge on any atom is 0.397 e. The molecule has 0 bridgehead atoms. The lowest BCUT2D eigenvalue weighted by molar-refractivity contribution is 0.260. The first-order valence-electron chi connectivity index (χ1n) is 21.3. The minimum absolute atomic E-state index is 0.0945. The molecule has 0 aromatic carbocycles. The standard InChI is InChI=1S/2C18H38O4S.C3H9N.CH5N/c2*1-2-3-4-5-6-7-8-9-10-11-12-13-14-15-16-17-18-22-23(19,20)21;1-4(2)3;1-2/h2*2-18H2,1H3,(H,19,20,21);1-3H3;2H2,1H3. The lowest BCUT2D eigenvalue weighted by Gasteiger charge is -2.03. The van der Waals surface area contributed by atoms with Crippen molar-refractivity contribution in [3.05, 3.63) is 0 Å². The third kappa shape index (κ3) is 74.8. The molecule has 52 heavy (non-hydrogen) atoms. The van der Waals surface area contributed by atoms with Crippen molar-refractivity contribution in [1.29, 1.82) is 0 Å². The summed E-state index contributed by atoms with van der Waals surface area (Å²) in [5, 5.41) is 0. The molecule has 0 heterocycles. The summed E-state index contributed by atoms with van der Waals surface area (Å²) in [6.45, 7) is 4.71. The summed E-state index contributed by atoms with van der Waals surface area (Å²) < 4.78 is 66.6. The van der Waals surface area contributed by atoms with Crippen LogP contribution in [0.2, 0.25) is 0 Å². The van der Waals surface area contributed by atoms with Crippen LogP contribution in [-0.2, 0) is 29.2 Å². The van der Waals surface area contributed by atoms with Crippen molar-refractivity contribution in [2.45, 2.75) is 219 Å². The maximum atomic E-state index is 10.3. The van der Waals surface area contributed by atoms with Gasteiger partial charge >= 0.3 is 20.8 Å². The van der Waals surface area contributed by atoms with E-state index in [1.165, 1.54) is 174 Å². The van der Waals surface area contributed by atoms with Gasteiger partial charge in [0.05, 0.1) is 13.2 Å². The highest BCUT2D eigenvalue weighted by Gasteiger charge is 2.04. The van der Waals surface area contributed by atoms with Gasteiger partial charge in [-0.3, -0.25) is 9.11 Å². The highest BCUT2D eigenvalue weighted by Crippen LogP contribution is 2.15. The molecule has 0 atom stereocenters. The Hall–Kier alpha value is -0.340. The van der Waals surface area contributed by atoms with Gasteiger partial charge in [-0.05, 0) is 41.0 Å². The summed E-state index contributed by atoms with van der Waals surface area (Å²) in [4.78, 5) is 2.00. The molecular formula is C40H90N2O8S2. The number of rotatable bonds is 36. The molecule has 0 aromatic heterocycles. The zero-order valence-corrected chi connectivity index (χ0v) is 36.9. The van der Waals surface area contributed by atoms with Gasteiger partial charge in [0.2, 0.25) is 0 Å². The topological polar surface area (TPSA) is 156 Å². The predicted octanol–water partition coefficient (Wildman–Crippen LogP) is 11.9. The fraction of sp³-hybridized carbons (Fsp3) is 1.00. The Morgan fingerprint density at radius 3 is 0.635 bits per heavy atom. The number of hydrogen-bond acceptors (Lipinski definition) is 8. The van der Waals surface area contributed by atoms with E-state index in [-0.39, 0.29) is 13.2 Å². The lowest BCUT2D eigenvalue weighted by Crippen LogP contribution is -2.04. The van der Waals surface area contributed by atoms with E-state index in [9.17, 15) is 16.8 Å². The Balaban J connectivity index is -0.000000384. The molecule has 320 valence electrons. The second-order valence-electron chi connectivity index (χ2n) is 14.4. The van der Waals surface area contributed by atoms with Crippen molar-refractivity contribution >= 4 is 20.8 Å². The van der Waals surface area contributed by atoms with Gasteiger partial charge in [0.15, 0.2) is 0 Å². The molecule has 0 unspecified atom stereocenters. The van der Waals surface area contributed by atoms with Crippen LogP contribution in [0, 0.1) is 0 Å². The Labute approximate surface area is 325 Å². The van der Waals surface area contributed by atoms with Crippen molar-refractivity contribution < 1.29 is 34.3 Å². The van der Waals surface area contributed by atoms with Gasteiger partial charge < -0.3 is 10.6 Å². The molecule has 0 saturated heterocycles. The largest absolute Gasteiger partial charge is 0.397 e. The third-order valence-electron chi connectivity index (χ3n) is 8.46. The van der Waals surface area contributed by atoms with E-state index < -0.39 is 20.8 Å². The molecule has 10 nitrogen and oxygen atoms in total. The molecule has 0 amide bonds. The molecule has 0 rings (SSSR count). The molecule has 0 aliphatic rings. The van der Waals surface area contributed by atoms with Crippen LogP contribution < -0.4 is 5.73 Å². The van der Waals surface area contributed by atoms with Crippen LogP contribution in [0.15, 0.2) is 0 Å². The maximum absolute atomic E-state index is 10.3. The van der Waals surface area contributed by atoms with Crippen LogP contribution in [0.5, 0.6) is 0 Å². The van der Waals surface area contributed by atoms with E-state index in [4.69, 9.17) is 9.11 Å². The molecule has 4 N–H and O–H groups in total. The number of nitrogens with two attached hydrogens (primary N) is 1. The zero-order valence-electron chi connectivity index (χ0n) is 35.2. The average Bonchev–Trinajstić information content (AvgIpc) is 3.07. The molecule has 12 heteroatoms. The molecule has 0 aliphatic carbocycles. The number of hydrogen-bond donors (Lipinski definition) is 3. The molecule has 0 fully saturated rings. The lowest BCUT2D eigenvalue weighted by atomic mass is 10.0. The van der Waals surface area contributed by atoms with Gasteiger partial charge in [-0.25, -0.2) is 8.37 Å². The van der Waals surface area contributed by atoms with E-state index in [1.807, 2.05) is 26.0 Å². The first-order valence-corrected chi connectivity index (χ1v) is 24.0. The second-order valence-corrected chi connectivity index (χ2v) is 16.6. The Bertz CT molecular complexity index is 776. The van der Waals surface area contributed by atoms with Gasteiger partial charge in [-0.1, -0.05) is 206 Å². The van der Waals surface area contributed by atoms with Gasteiger partial charge in [-0.2, -0.15) is 16.8 Å². The second kappa shape index (κ2) is 48.7. The summed E-state index contributed by atoms with van der Waals surface area (Å²) in [7, 11) is -0.990. The van der Waals surface area contributed by atoms with Crippen molar-refractivity contribution in [2.24, 2.45) is 5.73 Å². The van der Waals surface area contributed by atoms with E-state index in [0.717, 1.165) is 25.7 Å². The van der Waals surface area contributed by atoms with Crippen molar-refractivity contribution in [3.63, 3.8) is 0 Å². The SMILES string of the molecule is CCCCCCCCCCCCCCCCCCOS(=O)(=O)O.CCCCCCCCCCCCCCCCCCOS(=O)(=O)O.CN.CN(C)C. The highest BCUT2D eigenvalue weighted by molar-refractivity contribution is 7.81. The molecular weight excluding hydrogens is 701 g/mol. The molecule has 0 spiro atoms. The smallest absolute Gasteiger partial charge is 0.333 e. The Kier molecular flexibility index (Phi) is 54.6. The Morgan fingerprint density at radius 1 is 0.365 bits per heavy atom. The number of nitrogens with zero attached hydrogens (tertiary/aromatic N) is 1. The first kappa shape index (κ1) is 58.4. The van der Waals surface area contributed by atoms with Crippen molar-refractivity contribution in [3.8, 4) is 0 Å². The third-order valence-corrected chi connectivity index (χ3v) is 9.39. The molecule has 0 aliphatic heterocycles. The van der Waals surface area contributed by atoms with Crippen LogP contribution in [0.1, 0.15) is 219 Å². The van der Waals surface area contributed by atoms with E-state index in [2.05, 4.69) is 27.9 Å². The fourth-order valence-corrected chi connectivity index (χ4v) is 6.29. The van der Waals surface area contributed by atoms with Crippen LogP contribution in [0.4, 0.5) is 0 Å². The van der Waals surface area contributed by atoms with E-state index >= 15 is 0 Å². The minimum Gasteiger partial charge on any atom is -0.333 e. The zero-order chi connectivity index (χ0) is 40.0. The van der Waals surface area contributed by atoms with Crippen LogP contribution in [0.3, 0.4) is 0 Å². The van der Waals surface area contributed by atoms with Crippen molar-refractivity contribution in [1.82, 2.24) is 4.90 Å². The normalized spacial score (nSPS) is 11.3. The molecule has 0 radical (unpaired) electrons. The highest BCUT2D eigenvalue weighted by atomic mass is 32.3. The van der Waals surface area contributed by atoms with Gasteiger partial charge in [0.1, 0.15) is 0 Å². The van der Waals surface area contributed by atoms with E-state index in [0.29, 0.717) is 12.8 Å². The van der Waals surface area contributed by atoms with Crippen LogP contribution in [-0.4, -0.2) is 72.2 Å². The van der Waals surface area contributed by atoms with Gasteiger partial charge in [0.25, 0.3) is 0 Å². The summed E-state index contributed by atoms with van der Waals surface area (Å²) in [5.74, 6) is 0.